The number of amides is 2. The Hall–Kier alpha value is -2.37. The number of hydrogen-bond acceptors (Lipinski definition) is 3. The van der Waals surface area contributed by atoms with Crippen molar-refractivity contribution in [2.75, 3.05) is 13.1 Å². The zero-order chi connectivity index (χ0) is 17.1. The van der Waals surface area contributed by atoms with Gasteiger partial charge in [-0.2, -0.15) is 0 Å². The van der Waals surface area contributed by atoms with E-state index in [1.165, 1.54) is 9.80 Å². The van der Waals surface area contributed by atoms with E-state index in [0.29, 0.717) is 0 Å². The molecule has 1 N–H and O–H groups in total. The summed E-state index contributed by atoms with van der Waals surface area (Å²) < 4.78 is 0. The van der Waals surface area contributed by atoms with Gasteiger partial charge in [0.15, 0.2) is 0 Å². The maximum atomic E-state index is 12.5. The van der Waals surface area contributed by atoms with Crippen molar-refractivity contribution < 1.29 is 19.5 Å². The van der Waals surface area contributed by atoms with Crippen molar-refractivity contribution >= 4 is 17.8 Å². The lowest BCUT2D eigenvalue weighted by Gasteiger charge is -2.40. The molecule has 1 aromatic rings. The minimum absolute atomic E-state index is 0.0919. The van der Waals surface area contributed by atoms with Crippen molar-refractivity contribution in [1.29, 1.82) is 0 Å². The zero-order valence-corrected chi connectivity index (χ0v) is 13.6. The van der Waals surface area contributed by atoms with Gasteiger partial charge in [0.25, 0.3) is 0 Å². The fourth-order valence-corrected chi connectivity index (χ4v) is 2.95. The molecule has 1 aliphatic rings. The summed E-state index contributed by atoms with van der Waals surface area (Å²) in [4.78, 5) is 39.0. The highest BCUT2D eigenvalue weighted by Crippen LogP contribution is 2.24. The highest BCUT2D eigenvalue weighted by molar-refractivity contribution is 5.95. The Morgan fingerprint density at radius 1 is 1.00 bits per heavy atom. The second-order valence-corrected chi connectivity index (χ2v) is 6.16. The van der Waals surface area contributed by atoms with Gasteiger partial charge in [0.1, 0.15) is 19.1 Å². The van der Waals surface area contributed by atoms with Crippen LogP contribution in [0.3, 0.4) is 0 Å². The van der Waals surface area contributed by atoms with Gasteiger partial charge >= 0.3 is 5.97 Å². The van der Waals surface area contributed by atoms with Gasteiger partial charge < -0.3 is 14.9 Å². The number of carboxylic acids is 1. The molecule has 1 fully saturated rings. The number of piperazine rings is 1. The van der Waals surface area contributed by atoms with Crippen molar-refractivity contribution in [3.63, 3.8) is 0 Å². The molecule has 0 aliphatic carbocycles. The first kappa shape index (κ1) is 17.0. The number of aliphatic carboxylic acids is 1. The summed E-state index contributed by atoms with van der Waals surface area (Å²) in [5.41, 5.74) is 0.945. The summed E-state index contributed by atoms with van der Waals surface area (Å²) in [5.74, 6) is -1.89. The van der Waals surface area contributed by atoms with Gasteiger partial charge in [-0.25, -0.2) is 4.79 Å². The summed E-state index contributed by atoms with van der Waals surface area (Å²) in [5, 5.41) is 9.33. The number of benzene rings is 1. The van der Waals surface area contributed by atoms with Gasteiger partial charge in [0.05, 0.1) is 6.04 Å². The van der Waals surface area contributed by atoms with Crippen LogP contribution in [0.15, 0.2) is 30.3 Å². The van der Waals surface area contributed by atoms with Crippen LogP contribution in [0, 0.1) is 5.92 Å². The molecule has 6 heteroatoms. The molecular weight excluding hydrogens is 296 g/mol. The van der Waals surface area contributed by atoms with Crippen molar-refractivity contribution in [2.45, 2.75) is 32.9 Å². The van der Waals surface area contributed by atoms with E-state index in [4.69, 9.17) is 0 Å². The van der Waals surface area contributed by atoms with Gasteiger partial charge in [0.2, 0.25) is 11.8 Å². The van der Waals surface area contributed by atoms with Crippen LogP contribution in [0.2, 0.25) is 0 Å². The van der Waals surface area contributed by atoms with Crippen LogP contribution in [0.5, 0.6) is 0 Å². The van der Waals surface area contributed by atoms with E-state index in [-0.39, 0.29) is 36.9 Å². The third kappa shape index (κ3) is 3.52. The molecular formula is C17H22N2O4. The average Bonchev–Trinajstić information content (AvgIpc) is 2.50. The predicted molar refractivity (Wildman–Crippen MR) is 84.5 cm³/mol. The first-order chi connectivity index (χ1) is 10.8. The standard InChI is InChI=1S/C17H22N2O4/c1-11(2)16(17(22)23)19-10-14(20)18(9-15(19)21)12(3)13-7-5-4-6-8-13/h4-8,11-12,16H,9-10H2,1-3H3,(H,22,23)/t12-,16?/m1/s1. The molecule has 124 valence electrons. The molecule has 1 unspecified atom stereocenters. The summed E-state index contributed by atoms with van der Waals surface area (Å²) in [6.45, 7) is 5.05. The molecule has 6 nitrogen and oxygen atoms in total. The Morgan fingerprint density at radius 2 is 1.52 bits per heavy atom. The molecule has 0 saturated carbocycles. The van der Waals surface area contributed by atoms with Crippen LogP contribution >= 0.6 is 0 Å². The molecule has 23 heavy (non-hydrogen) atoms. The molecule has 0 radical (unpaired) electrons. The van der Waals surface area contributed by atoms with Crippen LogP contribution in [0.4, 0.5) is 0 Å². The summed E-state index contributed by atoms with van der Waals surface area (Å²) in [6.07, 6.45) is 0. The minimum atomic E-state index is -1.08. The van der Waals surface area contributed by atoms with Crippen molar-refractivity contribution in [1.82, 2.24) is 9.80 Å². The van der Waals surface area contributed by atoms with Gasteiger partial charge in [-0.3, -0.25) is 9.59 Å². The van der Waals surface area contributed by atoms with Crippen molar-refractivity contribution in [3.8, 4) is 0 Å². The molecule has 0 spiro atoms. The third-order valence-corrected chi connectivity index (χ3v) is 4.22. The van der Waals surface area contributed by atoms with Gasteiger partial charge in [0, 0.05) is 0 Å². The highest BCUT2D eigenvalue weighted by atomic mass is 16.4. The fraction of sp³-hybridized carbons (Fsp3) is 0.471. The molecule has 2 amide bonds. The molecule has 1 aromatic carbocycles. The summed E-state index contributed by atoms with van der Waals surface area (Å²) in [6, 6.07) is 8.27. The second-order valence-electron chi connectivity index (χ2n) is 6.16. The van der Waals surface area contributed by atoms with E-state index in [2.05, 4.69) is 0 Å². The Bertz CT molecular complexity index is 600. The van der Waals surface area contributed by atoms with Gasteiger partial charge in [-0.1, -0.05) is 44.2 Å². The number of nitrogens with zero attached hydrogens (tertiary/aromatic N) is 2. The second kappa shape index (κ2) is 6.81. The number of carboxylic acid groups (broad SMARTS) is 1. The topological polar surface area (TPSA) is 77.9 Å². The van der Waals surface area contributed by atoms with Crippen LogP contribution in [-0.2, 0) is 14.4 Å². The Kier molecular flexibility index (Phi) is 5.03. The lowest BCUT2D eigenvalue weighted by Crippen LogP contribution is -2.60. The summed E-state index contributed by atoms with van der Waals surface area (Å²) >= 11 is 0. The highest BCUT2D eigenvalue weighted by Gasteiger charge is 2.40. The maximum Gasteiger partial charge on any atom is 0.326 e. The Morgan fingerprint density at radius 3 is 2.04 bits per heavy atom. The fourth-order valence-electron chi connectivity index (χ4n) is 2.95. The SMILES string of the molecule is CC(C)C(C(=O)O)N1CC(=O)N([C@H](C)c2ccccc2)CC1=O. The van der Waals surface area contributed by atoms with Crippen molar-refractivity contribution in [3.05, 3.63) is 35.9 Å². The molecule has 2 atom stereocenters. The van der Waals surface area contributed by atoms with E-state index in [1.54, 1.807) is 13.8 Å². The Labute approximate surface area is 135 Å². The normalized spacial score (nSPS) is 18.3. The van der Waals surface area contributed by atoms with E-state index in [0.717, 1.165) is 5.56 Å². The largest absolute Gasteiger partial charge is 0.480 e. The van der Waals surface area contributed by atoms with Crippen LogP contribution in [0.1, 0.15) is 32.4 Å². The number of carbonyl (C=O) groups is 3. The molecule has 0 bridgehead atoms. The average molecular weight is 318 g/mol. The lowest BCUT2D eigenvalue weighted by atomic mass is 10.0. The number of carbonyl (C=O) groups excluding carboxylic acids is 2. The number of hydrogen-bond donors (Lipinski definition) is 1. The van der Waals surface area contributed by atoms with E-state index >= 15 is 0 Å². The monoisotopic (exact) mass is 318 g/mol. The maximum absolute atomic E-state index is 12.5. The Balaban J connectivity index is 2.18. The van der Waals surface area contributed by atoms with E-state index < -0.39 is 12.0 Å². The van der Waals surface area contributed by atoms with Crippen molar-refractivity contribution in [2.24, 2.45) is 5.92 Å². The van der Waals surface area contributed by atoms with Crippen LogP contribution < -0.4 is 0 Å². The quantitative estimate of drug-likeness (QED) is 0.893. The lowest BCUT2D eigenvalue weighted by molar-refractivity contribution is -0.162. The van der Waals surface area contributed by atoms with Gasteiger partial charge in [-0.15, -0.1) is 0 Å². The van der Waals surface area contributed by atoms with E-state index in [1.807, 2.05) is 37.3 Å². The minimum Gasteiger partial charge on any atom is -0.480 e. The molecule has 1 aliphatic heterocycles. The molecule has 0 aromatic heterocycles. The third-order valence-electron chi connectivity index (χ3n) is 4.22. The predicted octanol–water partition coefficient (Wildman–Crippen LogP) is 1.53. The molecule has 1 heterocycles. The van der Waals surface area contributed by atoms with Gasteiger partial charge in [-0.05, 0) is 18.4 Å². The first-order valence-corrected chi connectivity index (χ1v) is 7.69. The number of rotatable bonds is 5. The zero-order valence-electron chi connectivity index (χ0n) is 13.6. The summed E-state index contributed by atoms with van der Waals surface area (Å²) in [7, 11) is 0. The molecule has 2 rings (SSSR count). The van der Waals surface area contributed by atoms with Crippen LogP contribution in [-0.4, -0.2) is 51.8 Å². The van der Waals surface area contributed by atoms with Crippen LogP contribution in [0.25, 0.3) is 0 Å². The smallest absolute Gasteiger partial charge is 0.326 e. The van der Waals surface area contributed by atoms with E-state index in [9.17, 15) is 19.5 Å². The first-order valence-electron chi connectivity index (χ1n) is 7.69. The molecule has 1 saturated heterocycles.